The van der Waals surface area contributed by atoms with Crippen molar-refractivity contribution in [2.24, 2.45) is 10.7 Å². The normalized spacial score (nSPS) is 15.3. The van der Waals surface area contributed by atoms with Gasteiger partial charge in [0, 0.05) is 42.8 Å². The summed E-state index contributed by atoms with van der Waals surface area (Å²) in [5.74, 6) is -0.184. The molecule has 3 rings (SSSR count). The highest BCUT2D eigenvalue weighted by Crippen LogP contribution is 2.28. The zero-order chi connectivity index (χ0) is 18.7. The van der Waals surface area contributed by atoms with E-state index in [9.17, 15) is 4.79 Å². The Hall–Kier alpha value is -2.37. The third-order valence-electron chi connectivity index (χ3n) is 4.29. The Morgan fingerprint density at radius 1 is 1.27 bits per heavy atom. The number of amides is 1. The van der Waals surface area contributed by atoms with Crippen molar-refractivity contribution in [2.45, 2.75) is 6.42 Å². The summed E-state index contributed by atoms with van der Waals surface area (Å²) in [4.78, 5) is 23.0. The highest BCUT2D eigenvalue weighted by Gasteiger charge is 2.26. The van der Waals surface area contributed by atoms with Gasteiger partial charge in [0.1, 0.15) is 0 Å². The minimum atomic E-state index is -0.184. The fourth-order valence-corrected chi connectivity index (χ4v) is 3.39. The van der Waals surface area contributed by atoms with Crippen LogP contribution < -0.4 is 5.73 Å². The van der Waals surface area contributed by atoms with Crippen molar-refractivity contribution < 1.29 is 4.79 Å². The number of aromatic nitrogens is 1. The second-order valence-electron chi connectivity index (χ2n) is 5.90. The van der Waals surface area contributed by atoms with Crippen LogP contribution in [0.25, 0.3) is 0 Å². The Balaban J connectivity index is 1.85. The van der Waals surface area contributed by atoms with Gasteiger partial charge in [-0.3, -0.25) is 14.8 Å². The second-order valence-corrected chi connectivity index (χ2v) is 6.68. The molecule has 0 saturated heterocycles. The van der Waals surface area contributed by atoms with Crippen molar-refractivity contribution in [3.05, 3.63) is 75.2 Å². The number of nitrogens with two attached hydrogens (primary N) is 1. The van der Waals surface area contributed by atoms with E-state index in [4.69, 9.17) is 28.9 Å². The van der Waals surface area contributed by atoms with Crippen LogP contribution in [0.5, 0.6) is 0 Å². The Kier molecular flexibility index (Phi) is 5.59. The van der Waals surface area contributed by atoms with Crippen molar-refractivity contribution in [1.82, 2.24) is 9.88 Å². The van der Waals surface area contributed by atoms with Crippen LogP contribution in [0.3, 0.4) is 0 Å². The van der Waals surface area contributed by atoms with Gasteiger partial charge in [0.2, 0.25) is 0 Å². The number of carbonyl (C=O) groups is 1. The summed E-state index contributed by atoms with van der Waals surface area (Å²) in [6, 6.07) is 8.83. The molecule has 1 aromatic heterocycles. The third-order valence-corrected chi connectivity index (χ3v) is 5.11. The van der Waals surface area contributed by atoms with Crippen LogP contribution in [0.2, 0.25) is 10.0 Å². The summed E-state index contributed by atoms with van der Waals surface area (Å²) in [5.41, 5.74) is 9.95. The summed E-state index contributed by atoms with van der Waals surface area (Å²) in [7, 11) is 1.73. The van der Waals surface area contributed by atoms with Gasteiger partial charge in [0.15, 0.2) is 0 Å². The van der Waals surface area contributed by atoms with Gasteiger partial charge >= 0.3 is 0 Å². The van der Waals surface area contributed by atoms with Crippen molar-refractivity contribution in [3.8, 4) is 0 Å². The zero-order valence-electron chi connectivity index (χ0n) is 14.2. The largest absolute Gasteiger partial charge is 0.400 e. The quantitative estimate of drug-likeness (QED) is 0.816. The summed E-state index contributed by atoms with van der Waals surface area (Å²) < 4.78 is 0. The lowest BCUT2D eigenvalue weighted by Crippen LogP contribution is -2.40. The van der Waals surface area contributed by atoms with Gasteiger partial charge in [-0.05, 0) is 30.7 Å². The lowest BCUT2D eigenvalue weighted by atomic mass is 9.95. The molecule has 7 heteroatoms. The highest BCUT2D eigenvalue weighted by atomic mass is 35.5. The number of pyridine rings is 1. The van der Waals surface area contributed by atoms with Gasteiger partial charge in [0.25, 0.3) is 5.91 Å². The van der Waals surface area contributed by atoms with Crippen LogP contribution >= 0.6 is 23.2 Å². The van der Waals surface area contributed by atoms with E-state index in [0.29, 0.717) is 35.8 Å². The van der Waals surface area contributed by atoms with Gasteiger partial charge in [-0.2, -0.15) is 0 Å². The molecular weight excluding hydrogens is 371 g/mol. The molecule has 26 heavy (non-hydrogen) atoms. The molecule has 1 aromatic carbocycles. The molecule has 1 aliphatic rings. The van der Waals surface area contributed by atoms with Gasteiger partial charge in [-0.1, -0.05) is 29.3 Å². The standard InChI is InChI=1S/C19H18Cl2N4O/c1-23-18(12-4-3-8-24-10-12)13-7-9-25(11-16(13)22)19(26)14-5-2-6-15(20)17(14)21/h2-6,8,10H,7,9,11,22H2,1H3. The molecule has 0 spiro atoms. The Morgan fingerprint density at radius 3 is 2.73 bits per heavy atom. The lowest BCUT2D eigenvalue weighted by molar-refractivity contribution is 0.0764. The van der Waals surface area contributed by atoms with E-state index in [1.165, 1.54) is 0 Å². The number of halogens is 2. The van der Waals surface area contributed by atoms with Crippen molar-refractivity contribution in [2.75, 3.05) is 20.1 Å². The number of benzene rings is 1. The Bertz CT molecular complexity index is 894. The smallest absolute Gasteiger partial charge is 0.255 e. The molecule has 2 aromatic rings. The lowest BCUT2D eigenvalue weighted by Gasteiger charge is -2.30. The van der Waals surface area contributed by atoms with Crippen LogP contribution in [-0.4, -0.2) is 41.6 Å². The average molecular weight is 389 g/mol. The first kappa shape index (κ1) is 18.4. The molecule has 0 bridgehead atoms. The second kappa shape index (κ2) is 7.89. The van der Waals surface area contributed by atoms with Crippen LogP contribution in [0, 0.1) is 0 Å². The fraction of sp³-hybridized carbons (Fsp3) is 0.211. The van der Waals surface area contributed by atoms with E-state index >= 15 is 0 Å². The van der Waals surface area contributed by atoms with E-state index in [1.807, 2.05) is 12.1 Å². The van der Waals surface area contributed by atoms with Crippen LogP contribution in [0.15, 0.2) is 59.0 Å². The van der Waals surface area contributed by atoms with E-state index in [1.54, 1.807) is 42.5 Å². The molecule has 2 N–H and O–H groups in total. The molecule has 0 saturated carbocycles. The summed E-state index contributed by atoms with van der Waals surface area (Å²) in [6.07, 6.45) is 4.08. The SMILES string of the molecule is CN=C(C1=C(N)CN(C(=O)c2cccc(Cl)c2Cl)CC1)c1cccnc1. The van der Waals surface area contributed by atoms with Crippen LogP contribution in [0.4, 0.5) is 0 Å². The van der Waals surface area contributed by atoms with E-state index in [2.05, 4.69) is 9.98 Å². The first-order valence-corrected chi connectivity index (χ1v) is 8.87. The molecule has 5 nitrogen and oxygen atoms in total. The predicted octanol–water partition coefficient (Wildman–Crippen LogP) is 3.57. The minimum absolute atomic E-state index is 0.184. The summed E-state index contributed by atoms with van der Waals surface area (Å²) >= 11 is 12.2. The zero-order valence-corrected chi connectivity index (χ0v) is 15.8. The monoisotopic (exact) mass is 388 g/mol. The van der Waals surface area contributed by atoms with Gasteiger partial charge in [-0.25, -0.2) is 0 Å². The summed E-state index contributed by atoms with van der Waals surface area (Å²) in [5, 5.41) is 0.620. The Labute approximate surface area is 162 Å². The number of carbonyl (C=O) groups excluding carboxylic acids is 1. The number of nitrogens with zero attached hydrogens (tertiary/aromatic N) is 3. The number of hydrogen-bond donors (Lipinski definition) is 1. The third kappa shape index (κ3) is 3.59. The Morgan fingerprint density at radius 2 is 2.08 bits per heavy atom. The fourth-order valence-electron chi connectivity index (χ4n) is 3.01. The summed E-state index contributed by atoms with van der Waals surface area (Å²) in [6.45, 7) is 0.841. The maximum Gasteiger partial charge on any atom is 0.255 e. The maximum absolute atomic E-state index is 12.8. The number of aliphatic imine (C=N–C) groups is 1. The molecule has 134 valence electrons. The van der Waals surface area contributed by atoms with Gasteiger partial charge < -0.3 is 10.6 Å². The van der Waals surface area contributed by atoms with E-state index in [0.717, 1.165) is 16.8 Å². The first-order valence-electron chi connectivity index (χ1n) is 8.11. The van der Waals surface area contributed by atoms with Crippen LogP contribution in [-0.2, 0) is 0 Å². The molecule has 0 radical (unpaired) electrons. The number of rotatable bonds is 3. The number of hydrogen-bond acceptors (Lipinski definition) is 4. The van der Waals surface area contributed by atoms with E-state index in [-0.39, 0.29) is 10.9 Å². The topological polar surface area (TPSA) is 71.6 Å². The first-order chi connectivity index (χ1) is 12.5. The van der Waals surface area contributed by atoms with Crippen molar-refractivity contribution >= 4 is 34.8 Å². The highest BCUT2D eigenvalue weighted by molar-refractivity contribution is 6.43. The molecule has 0 aliphatic carbocycles. The van der Waals surface area contributed by atoms with Crippen molar-refractivity contribution in [3.63, 3.8) is 0 Å². The molecular formula is C19H18Cl2N4O. The van der Waals surface area contributed by atoms with E-state index < -0.39 is 0 Å². The molecule has 0 atom stereocenters. The molecule has 1 aliphatic heterocycles. The average Bonchev–Trinajstić information content (AvgIpc) is 2.66. The molecule has 1 amide bonds. The van der Waals surface area contributed by atoms with Crippen molar-refractivity contribution in [1.29, 1.82) is 0 Å². The van der Waals surface area contributed by atoms with Gasteiger partial charge in [0.05, 0.1) is 27.9 Å². The minimum Gasteiger partial charge on any atom is -0.400 e. The predicted molar refractivity (Wildman–Crippen MR) is 105 cm³/mol. The molecule has 0 fully saturated rings. The van der Waals surface area contributed by atoms with Crippen LogP contribution in [0.1, 0.15) is 22.3 Å². The van der Waals surface area contributed by atoms with Gasteiger partial charge in [-0.15, -0.1) is 0 Å². The molecule has 2 heterocycles. The molecule has 0 unspecified atom stereocenters. The maximum atomic E-state index is 12.8.